The summed E-state index contributed by atoms with van der Waals surface area (Å²) in [4.78, 5) is 12.7. The lowest BCUT2D eigenvalue weighted by molar-refractivity contribution is -0.115. The number of halogens is 2. The van der Waals surface area contributed by atoms with Gasteiger partial charge in [0, 0.05) is 11.0 Å². The van der Waals surface area contributed by atoms with Gasteiger partial charge >= 0.3 is 0 Å². The molecule has 0 aliphatic carbocycles. The monoisotopic (exact) mass is 356 g/mol. The molecule has 2 rings (SSSR count). The zero-order valence-corrected chi connectivity index (χ0v) is 13.7. The summed E-state index contributed by atoms with van der Waals surface area (Å²) in [6.07, 6.45) is 3.12. The fraction of sp³-hybridized carbons (Fsp3) is 0. The fourth-order valence-corrected chi connectivity index (χ4v) is 2.77. The van der Waals surface area contributed by atoms with Gasteiger partial charge in [-0.05, 0) is 41.9 Å². The number of para-hydroxylation sites is 1. The topological polar surface area (TPSA) is 41.1 Å². The van der Waals surface area contributed by atoms with E-state index in [9.17, 15) is 4.79 Å². The Kier molecular flexibility index (Phi) is 5.76. The minimum atomic E-state index is -0.330. The Balaban J connectivity index is 1.94. The molecule has 3 nitrogen and oxygen atoms in total. The lowest BCUT2D eigenvalue weighted by atomic mass is 10.3. The minimum Gasteiger partial charge on any atom is -0.330 e. The molecule has 1 aromatic carbocycles. The second-order valence-electron chi connectivity index (χ2n) is 3.89. The molecule has 0 unspecified atom stereocenters. The first kappa shape index (κ1) is 16.0. The van der Waals surface area contributed by atoms with Crippen LogP contribution in [0.25, 0.3) is 6.08 Å². The van der Waals surface area contributed by atoms with E-state index in [1.807, 2.05) is 17.5 Å². The molecule has 2 aromatic rings. The van der Waals surface area contributed by atoms with E-state index in [1.165, 1.54) is 6.08 Å². The number of amides is 1. The molecule has 0 fully saturated rings. The average molecular weight is 357 g/mol. The lowest BCUT2D eigenvalue weighted by Gasteiger charge is -2.11. The standard InChI is InChI=1S/C14H10Cl2N2OS2/c15-10-4-1-5-11(16)13(10)18-14(20)17-12(19)7-6-9-3-2-8-21-9/h1-8H,(H2,17,18,19,20)/b7-6+. The zero-order chi connectivity index (χ0) is 15.2. The second kappa shape index (κ2) is 7.56. The Morgan fingerprint density at radius 2 is 1.90 bits per heavy atom. The first-order valence-corrected chi connectivity index (χ1v) is 7.88. The van der Waals surface area contributed by atoms with Crippen LogP contribution in [-0.4, -0.2) is 11.0 Å². The normalized spacial score (nSPS) is 10.6. The molecule has 0 aliphatic heterocycles. The van der Waals surface area contributed by atoms with E-state index in [1.54, 1.807) is 35.6 Å². The molecule has 1 aromatic heterocycles. The van der Waals surface area contributed by atoms with Crippen molar-refractivity contribution in [2.24, 2.45) is 0 Å². The molecule has 0 atom stereocenters. The fourth-order valence-electron chi connectivity index (χ4n) is 1.46. The predicted octanol–water partition coefficient (Wildman–Crippen LogP) is 4.58. The van der Waals surface area contributed by atoms with Crippen LogP contribution in [-0.2, 0) is 4.79 Å². The molecule has 0 saturated carbocycles. The molecule has 0 radical (unpaired) electrons. The highest BCUT2D eigenvalue weighted by molar-refractivity contribution is 7.80. The summed E-state index contributed by atoms with van der Waals surface area (Å²) >= 11 is 18.6. The van der Waals surface area contributed by atoms with E-state index in [-0.39, 0.29) is 11.0 Å². The van der Waals surface area contributed by atoms with Crippen LogP contribution < -0.4 is 10.6 Å². The molecule has 1 heterocycles. The first-order chi connectivity index (χ1) is 10.1. The van der Waals surface area contributed by atoms with Gasteiger partial charge in [-0.25, -0.2) is 0 Å². The van der Waals surface area contributed by atoms with Gasteiger partial charge in [0.25, 0.3) is 0 Å². The van der Waals surface area contributed by atoms with Gasteiger partial charge in [-0.3, -0.25) is 10.1 Å². The van der Waals surface area contributed by atoms with Gasteiger partial charge in [0.15, 0.2) is 5.11 Å². The molecule has 0 bridgehead atoms. The van der Waals surface area contributed by atoms with Crippen molar-refractivity contribution in [1.29, 1.82) is 0 Å². The number of carbonyl (C=O) groups excluding carboxylic acids is 1. The van der Waals surface area contributed by atoms with Crippen LogP contribution in [0.15, 0.2) is 41.8 Å². The first-order valence-electron chi connectivity index (χ1n) is 5.84. The Bertz CT molecular complexity index is 664. The largest absolute Gasteiger partial charge is 0.330 e. The maximum absolute atomic E-state index is 11.7. The lowest BCUT2D eigenvalue weighted by Crippen LogP contribution is -2.33. The summed E-state index contributed by atoms with van der Waals surface area (Å²) in [5.41, 5.74) is 0.466. The highest BCUT2D eigenvalue weighted by atomic mass is 35.5. The summed E-state index contributed by atoms with van der Waals surface area (Å²) in [6, 6.07) is 8.90. The zero-order valence-electron chi connectivity index (χ0n) is 10.6. The van der Waals surface area contributed by atoms with Crippen LogP contribution in [0, 0.1) is 0 Å². The minimum absolute atomic E-state index is 0.130. The van der Waals surface area contributed by atoms with Crippen molar-refractivity contribution < 1.29 is 4.79 Å². The van der Waals surface area contributed by atoms with Crippen molar-refractivity contribution in [2.45, 2.75) is 0 Å². The van der Waals surface area contributed by atoms with Crippen LogP contribution in [0.3, 0.4) is 0 Å². The molecule has 21 heavy (non-hydrogen) atoms. The summed E-state index contributed by atoms with van der Waals surface area (Å²) in [6.45, 7) is 0. The van der Waals surface area contributed by atoms with E-state index in [0.717, 1.165) is 4.88 Å². The number of benzene rings is 1. The summed E-state index contributed by atoms with van der Waals surface area (Å²) < 4.78 is 0. The third-order valence-corrected chi connectivity index (χ3v) is 4.05. The van der Waals surface area contributed by atoms with Crippen molar-refractivity contribution in [1.82, 2.24) is 5.32 Å². The molecule has 0 spiro atoms. The van der Waals surface area contributed by atoms with Gasteiger partial charge in [-0.1, -0.05) is 35.3 Å². The number of anilines is 1. The number of thiocarbonyl (C=S) groups is 1. The summed E-state index contributed by atoms with van der Waals surface area (Å²) in [5.74, 6) is -0.330. The molecule has 7 heteroatoms. The van der Waals surface area contributed by atoms with E-state index in [2.05, 4.69) is 10.6 Å². The van der Waals surface area contributed by atoms with Gasteiger partial charge in [0.2, 0.25) is 5.91 Å². The molecule has 108 valence electrons. The maximum Gasteiger partial charge on any atom is 0.250 e. The average Bonchev–Trinajstić information content (AvgIpc) is 2.94. The number of carbonyl (C=O) groups is 1. The van der Waals surface area contributed by atoms with Crippen LogP contribution >= 0.6 is 46.8 Å². The van der Waals surface area contributed by atoms with Gasteiger partial charge in [0.05, 0.1) is 15.7 Å². The van der Waals surface area contributed by atoms with Crippen molar-refractivity contribution in [3.8, 4) is 0 Å². The maximum atomic E-state index is 11.7. The van der Waals surface area contributed by atoms with E-state index < -0.39 is 0 Å². The Labute approximate surface area is 141 Å². The molecular formula is C14H10Cl2N2OS2. The summed E-state index contributed by atoms with van der Waals surface area (Å²) in [5, 5.41) is 8.25. The number of rotatable bonds is 3. The Morgan fingerprint density at radius 3 is 2.52 bits per heavy atom. The molecule has 2 N–H and O–H groups in total. The van der Waals surface area contributed by atoms with Crippen molar-refractivity contribution in [3.63, 3.8) is 0 Å². The van der Waals surface area contributed by atoms with Crippen molar-refractivity contribution >= 4 is 69.5 Å². The summed E-state index contributed by atoms with van der Waals surface area (Å²) in [7, 11) is 0. The van der Waals surface area contributed by atoms with Gasteiger partial charge in [-0.2, -0.15) is 0 Å². The van der Waals surface area contributed by atoms with Crippen LogP contribution in [0.5, 0.6) is 0 Å². The van der Waals surface area contributed by atoms with Crippen molar-refractivity contribution in [3.05, 3.63) is 56.7 Å². The van der Waals surface area contributed by atoms with Crippen LogP contribution in [0.2, 0.25) is 10.0 Å². The third-order valence-electron chi connectivity index (χ3n) is 2.38. The third kappa shape index (κ3) is 4.82. The molecule has 0 aliphatic rings. The molecule has 1 amide bonds. The number of hydrogen-bond donors (Lipinski definition) is 2. The number of hydrogen-bond acceptors (Lipinski definition) is 3. The highest BCUT2D eigenvalue weighted by Crippen LogP contribution is 2.29. The van der Waals surface area contributed by atoms with Crippen molar-refractivity contribution in [2.75, 3.05) is 5.32 Å². The smallest absolute Gasteiger partial charge is 0.250 e. The van der Waals surface area contributed by atoms with E-state index in [4.69, 9.17) is 35.4 Å². The van der Waals surface area contributed by atoms with Gasteiger partial charge in [-0.15, -0.1) is 11.3 Å². The SMILES string of the molecule is O=C(/C=C/c1cccs1)NC(=S)Nc1c(Cl)cccc1Cl. The van der Waals surface area contributed by atoms with Crippen LogP contribution in [0.4, 0.5) is 5.69 Å². The highest BCUT2D eigenvalue weighted by Gasteiger charge is 2.08. The molecule has 0 saturated heterocycles. The van der Waals surface area contributed by atoms with E-state index >= 15 is 0 Å². The van der Waals surface area contributed by atoms with E-state index in [0.29, 0.717) is 15.7 Å². The predicted molar refractivity (Wildman–Crippen MR) is 94.2 cm³/mol. The second-order valence-corrected chi connectivity index (χ2v) is 6.09. The number of thiophene rings is 1. The molecular weight excluding hydrogens is 347 g/mol. The Hall–Kier alpha value is -1.40. The van der Waals surface area contributed by atoms with Gasteiger partial charge in [0.1, 0.15) is 0 Å². The van der Waals surface area contributed by atoms with Gasteiger partial charge < -0.3 is 5.32 Å². The number of nitrogens with one attached hydrogen (secondary N) is 2. The van der Waals surface area contributed by atoms with Crippen LogP contribution in [0.1, 0.15) is 4.88 Å². The quantitative estimate of drug-likeness (QED) is 0.624. The Morgan fingerprint density at radius 1 is 1.19 bits per heavy atom.